The van der Waals surface area contributed by atoms with Gasteiger partial charge < -0.3 is 0 Å². The number of nitro benzene ring substituents is 2. The molecule has 0 fully saturated rings. The lowest BCUT2D eigenvalue weighted by molar-refractivity contribution is -0.388. The van der Waals surface area contributed by atoms with Crippen LogP contribution in [0.2, 0.25) is 0 Å². The van der Waals surface area contributed by atoms with Gasteiger partial charge in [0.1, 0.15) is 0 Å². The van der Waals surface area contributed by atoms with Crippen LogP contribution in [-0.4, -0.2) is 21.4 Å². The second-order valence-electron chi connectivity index (χ2n) is 5.16. The first-order valence-corrected chi connectivity index (χ1v) is 9.29. The number of nitrogens with zero attached hydrogens (tertiary/aromatic N) is 2. The first-order valence-electron chi connectivity index (χ1n) is 7.14. The van der Waals surface area contributed by atoms with Crippen molar-refractivity contribution in [1.82, 2.24) is 0 Å². The normalized spacial score (nSPS) is 10.4. The van der Waals surface area contributed by atoms with E-state index in [1.807, 2.05) is 0 Å². The van der Waals surface area contributed by atoms with Crippen molar-refractivity contribution >= 4 is 44.5 Å². The molecule has 0 aliphatic carbocycles. The van der Waals surface area contributed by atoms with Gasteiger partial charge >= 0.3 is 0 Å². The second-order valence-corrected chi connectivity index (χ2v) is 7.37. The summed E-state index contributed by atoms with van der Waals surface area (Å²) < 4.78 is 0. The molecule has 0 amide bonds. The summed E-state index contributed by atoms with van der Waals surface area (Å²) in [5.41, 5.74) is -0.0814. The Morgan fingerprint density at radius 1 is 0.769 bits per heavy atom. The molecular weight excluding hydrogens is 380 g/mol. The third-order valence-corrected chi connectivity index (χ3v) is 5.81. The Labute approximate surface area is 155 Å². The van der Waals surface area contributed by atoms with E-state index in [0.717, 1.165) is 21.6 Å². The van der Waals surface area contributed by atoms with E-state index in [9.17, 15) is 29.8 Å². The van der Waals surface area contributed by atoms with Crippen LogP contribution >= 0.6 is 21.6 Å². The Bertz CT molecular complexity index is 853. The highest BCUT2D eigenvalue weighted by atomic mass is 33.1. The molecule has 0 saturated carbocycles. The van der Waals surface area contributed by atoms with Gasteiger partial charge in [-0.25, -0.2) is 0 Å². The van der Waals surface area contributed by atoms with Gasteiger partial charge in [-0.2, -0.15) is 0 Å². The highest BCUT2D eigenvalue weighted by Gasteiger charge is 2.21. The third kappa shape index (κ3) is 4.46. The highest BCUT2D eigenvalue weighted by molar-refractivity contribution is 8.76. The molecule has 0 saturated heterocycles. The fraction of sp³-hybridized carbons (Fsp3) is 0.125. The lowest BCUT2D eigenvalue weighted by atomic mass is 10.1. The first kappa shape index (κ1) is 19.6. The molecule has 0 aliphatic rings. The van der Waals surface area contributed by atoms with E-state index in [1.54, 1.807) is 0 Å². The number of benzene rings is 2. The molecule has 0 spiro atoms. The molecule has 0 N–H and O–H groups in total. The van der Waals surface area contributed by atoms with E-state index in [1.165, 1.54) is 50.2 Å². The molecule has 2 rings (SSSR count). The maximum atomic E-state index is 11.4. The van der Waals surface area contributed by atoms with Crippen molar-refractivity contribution in [3.05, 3.63) is 67.8 Å². The van der Waals surface area contributed by atoms with E-state index >= 15 is 0 Å². The first-order chi connectivity index (χ1) is 12.2. The van der Waals surface area contributed by atoms with Crippen LogP contribution in [-0.2, 0) is 0 Å². The molecule has 0 aromatic heterocycles. The van der Waals surface area contributed by atoms with Crippen molar-refractivity contribution in [2.24, 2.45) is 0 Å². The van der Waals surface area contributed by atoms with E-state index in [0.29, 0.717) is 0 Å². The number of nitro groups is 2. The van der Waals surface area contributed by atoms with Crippen molar-refractivity contribution in [2.45, 2.75) is 23.6 Å². The molecule has 0 unspecified atom stereocenters. The average Bonchev–Trinajstić information content (AvgIpc) is 2.59. The topological polar surface area (TPSA) is 120 Å². The number of hydrogen-bond acceptors (Lipinski definition) is 8. The number of rotatable bonds is 7. The Kier molecular flexibility index (Phi) is 6.11. The smallest absolute Gasteiger partial charge is 0.284 e. The summed E-state index contributed by atoms with van der Waals surface area (Å²) in [7, 11) is 1.94. The fourth-order valence-electron chi connectivity index (χ4n) is 1.99. The van der Waals surface area contributed by atoms with E-state index in [-0.39, 0.29) is 43.9 Å². The average molecular weight is 392 g/mol. The highest BCUT2D eigenvalue weighted by Crippen LogP contribution is 2.45. The van der Waals surface area contributed by atoms with Crippen LogP contribution in [0, 0.1) is 20.2 Å². The molecule has 2 aromatic rings. The van der Waals surface area contributed by atoms with Gasteiger partial charge in [-0.1, -0.05) is 0 Å². The van der Waals surface area contributed by atoms with Crippen LogP contribution in [0.5, 0.6) is 0 Å². The maximum Gasteiger partial charge on any atom is 0.284 e. The number of carbonyl (C=O) groups excluding carboxylic acids is 2. The fourth-order valence-corrected chi connectivity index (χ4v) is 4.24. The van der Waals surface area contributed by atoms with Crippen LogP contribution < -0.4 is 0 Å². The Balaban J connectivity index is 2.34. The lowest BCUT2D eigenvalue weighted by Crippen LogP contribution is -1.97. The van der Waals surface area contributed by atoms with Crippen molar-refractivity contribution in [3.8, 4) is 0 Å². The molecule has 8 nitrogen and oxygen atoms in total. The maximum absolute atomic E-state index is 11.4. The molecule has 134 valence electrons. The summed E-state index contributed by atoms with van der Waals surface area (Å²) in [6.07, 6.45) is 0. The zero-order valence-electron chi connectivity index (χ0n) is 13.6. The van der Waals surface area contributed by atoms with Crippen molar-refractivity contribution in [2.75, 3.05) is 0 Å². The monoisotopic (exact) mass is 392 g/mol. The predicted molar refractivity (Wildman–Crippen MR) is 97.9 cm³/mol. The molecule has 0 bridgehead atoms. The number of hydrogen-bond donors (Lipinski definition) is 0. The summed E-state index contributed by atoms with van der Waals surface area (Å²) in [5.74, 6) is -0.597. The minimum atomic E-state index is -0.609. The SMILES string of the molecule is CC(=O)c1ccc(SSc2ccc(C(C)=O)cc2[N+](=O)[O-])c([N+](=O)[O-])c1. The summed E-state index contributed by atoms with van der Waals surface area (Å²) in [4.78, 5) is 44.5. The molecule has 10 heteroatoms. The van der Waals surface area contributed by atoms with Gasteiger partial charge in [0.25, 0.3) is 11.4 Å². The van der Waals surface area contributed by atoms with E-state index in [2.05, 4.69) is 0 Å². The molecule has 2 aromatic carbocycles. The quantitative estimate of drug-likeness (QED) is 0.287. The van der Waals surface area contributed by atoms with E-state index < -0.39 is 9.85 Å². The van der Waals surface area contributed by atoms with Crippen molar-refractivity contribution < 1.29 is 19.4 Å². The predicted octanol–water partition coefficient (Wildman–Crippen LogP) is 4.71. The second kappa shape index (κ2) is 8.11. The van der Waals surface area contributed by atoms with Gasteiger partial charge in [0.2, 0.25) is 0 Å². The van der Waals surface area contributed by atoms with Crippen LogP contribution in [0.1, 0.15) is 34.6 Å². The summed E-state index contributed by atoms with van der Waals surface area (Å²) >= 11 is 0. The van der Waals surface area contributed by atoms with Gasteiger partial charge in [-0.05, 0) is 59.7 Å². The molecular formula is C16H12N2O6S2. The van der Waals surface area contributed by atoms with Gasteiger partial charge in [-0.3, -0.25) is 29.8 Å². The van der Waals surface area contributed by atoms with Crippen LogP contribution in [0.25, 0.3) is 0 Å². The van der Waals surface area contributed by atoms with Crippen LogP contribution in [0.3, 0.4) is 0 Å². The largest absolute Gasteiger partial charge is 0.295 e. The molecule has 26 heavy (non-hydrogen) atoms. The van der Waals surface area contributed by atoms with Gasteiger partial charge in [0.05, 0.1) is 19.6 Å². The van der Waals surface area contributed by atoms with Crippen molar-refractivity contribution in [3.63, 3.8) is 0 Å². The third-order valence-electron chi connectivity index (χ3n) is 3.35. The summed E-state index contributed by atoms with van der Waals surface area (Å²) in [5, 5.41) is 22.5. The zero-order chi connectivity index (χ0) is 19.4. The van der Waals surface area contributed by atoms with Gasteiger partial charge in [-0.15, -0.1) is 0 Å². The summed E-state index contributed by atoms with van der Waals surface area (Å²) in [6.45, 7) is 2.61. The zero-order valence-corrected chi connectivity index (χ0v) is 15.3. The molecule has 0 aliphatic heterocycles. The molecule has 0 atom stereocenters. The minimum Gasteiger partial charge on any atom is -0.295 e. The molecule has 0 radical (unpaired) electrons. The van der Waals surface area contributed by atoms with Crippen LogP contribution in [0.15, 0.2) is 46.2 Å². The Hall–Kier alpha value is -2.72. The number of ketones is 2. The Morgan fingerprint density at radius 3 is 1.38 bits per heavy atom. The minimum absolute atomic E-state index is 0.211. The summed E-state index contributed by atoms with van der Waals surface area (Å²) in [6, 6.07) is 8.15. The Morgan fingerprint density at radius 2 is 1.12 bits per heavy atom. The van der Waals surface area contributed by atoms with Gasteiger partial charge in [0, 0.05) is 23.3 Å². The molecule has 0 heterocycles. The van der Waals surface area contributed by atoms with Crippen molar-refractivity contribution in [1.29, 1.82) is 0 Å². The lowest BCUT2D eigenvalue weighted by Gasteiger charge is -2.06. The van der Waals surface area contributed by atoms with Gasteiger partial charge in [0.15, 0.2) is 11.6 Å². The number of carbonyl (C=O) groups is 2. The van der Waals surface area contributed by atoms with Crippen LogP contribution in [0.4, 0.5) is 11.4 Å². The standard InChI is InChI=1S/C16H12N2O6S2/c1-9(19)11-3-5-15(13(7-11)17(21)22)25-26-16-6-4-12(10(2)20)8-14(16)18(23)24/h3-8H,1-2H3. The number of Topliss-reactive ketones (excluding diaryl/α,β-unsaturated/α-hetero) is 2. The van der Waals surface area contributed by atoms with E-state index in [4.69, 9.17) is 0 Å².